The van der Waals surface area contributed by atoms with Crippen LogP contribution in [0.3, 0.4) is 0 Å². The average Bonchev–Trinajstić information content (AvgIpc) is 3.36. The monoisotopic (exact) mass is 389 g/mol. The molecule has 4 rings (SSSR count). The van der Waals surface area contributed by atoms with Crippen LogP contribution in [0, 0.1) is 17.8 Å². The van der Waals surface area contributed by atoms with Crippen LogP contribution in [0.4, 0.5) is 5.69 Å². The minimum atomic E-state index is -1.05. The van der Waals surface area contributed by atoms with E-state index < -0.39 is 12.0 Å². The number of fused-ring (bicyclic) bond motifs is 2. The molecule has 1 saturated carbocycles. The summed E-state index contributed by atoms with van der Waals surface area (Å²) in [5, 5.41) is 2.78. The van der Waals surface area contributed by atoms with Crippen molar-refractivity contribution in [2.75, 3.05) is 5.32 Å². The molecular formula is C24H23NO4. The molecule has 0 aliphatic heterocycles. The molecule has 2 aromatic carbocycles. The van der Waals surface area contributed by atoms with Gasteiger partial charge >= 0.3 is 5.97 Å². The van der Waals surface area contributed by atoms with E-state index in [1.807, 2.05) is 6.07 Å². The first-order valence-corrected chi connectivity index (χ1v) is 9.87. The number of hydrogen-bond donors (Lipinski definition) is 1. The lowest BCUT2D eigenvalue weighted by Crippen LogP contribution is -2.30. The second-order valence-electron chi connectivity index (χ2n) is 7.74. The molecule has 2 bridgehead atoms. The summed E-state index contributed by atoms with van der Waals surface area (Å²) < 4.78 is 5.73. The quantitative estimate of drug-likeness (QED) is 0.454. The van der Waals surface area contributed by atoms with E-state index in [2.05, 4.69) is 17.5 Å². The summed E-state index contributed by atoms with van der Waals surface area (Å²) in [5.41, 5.74) is 1.60. The first-order valence-electron chi connectivity index (χ1n) is 9.87. The van der Waals surface area contributed by atoms with Gasteiger partial charge in [-0.2, -0.15) is 0 Å². The molecule has 1 fully saturated rings. The van der Waals surface area contributed by atoms with E-state index in [1.54, 1.807) is 48.5 Å². The van der Waals surface area contributed by atoms with Gasteiger partial charge in [-0.05, 0) is 43.7 Å². The van der Waals surface area contributed by atoms with Crippen molar-refractivity contribution in [3.05, 3.63) is 77.9 Å². The molecule has 4 atom stereocenters. The third kappa shape index (κ3) is 4.14. The van der Waals surface area contributed by atoms with E-state index in [4.69, 9.17) is 4.74 Å². The van der Waals surface area contributed by atoms with Gasteiger partial charge in [-0.1, -0.05) is 54.6 Å². The number of ketones is 1. The largest absolute Gasteiger partial charge is 0.447 e. The van der Waals surface area contributed by atoms with Crippen LogP contribution in [0.25, 0.3) is 0 Å². The Kier molecular flexibility index (Phi) is 5.30. The van der Waals surface area contributed by atoms with Crippen LogP contribution < -0.4 is 5.32 Å². The minimum absolute atomic E-state index is 0.0866. The predicted molar refractivity (Wildman–Crippen MR) is 109 cm³/mol. The summed E-state index contributed by atoms with van der Waals surface area (Å²) in [6.45, 7) is 1.47. The van der Waals surface area contributed by atoms with Crippen molar-refractivity contribution in [2.45, 2.75) is 25.9 Å². The van der Waals surface area contributed by atoms with Gasteiger partial charge in [0, 0.05) is 16.8 Å². The highest BCUT2D eigenvalue weighted by Crippen LogP contribution is 2.44. The molecule has 148 valence electrons. The van der Waals surface area contributed by atoms with Crippen molar-refractivity contribution >= 4 is 23.3 Å². The van der Waals surface area contributed by atoms with Crippen molar-refractivity contribution in [1.82, 2.24) is 0 Å². The lowest BCUT2D eigenvalue weighted by atomic mass is 9.93. The van der Waals surface area contributed by atoms with Gasteiger partial charge in [-0.15, -0.1) is 0 Å². The van der Waals surface area contributed by atoms with E-state index in [0.717, 1.165) is 12.8 Å². The highest BCUT2D eigenvalue weighted by Gasteiger charge is 2.42. The first-order chi connectivity index (χ1) is 14.0. The number of benzene rings is 2. The number of amides is 1. The second-order valence-corrected chi connectivity index (χ2v) is 7.74. The van der Waals surface area contributed by atoms with E-state index in [-0.39, 0.29) is 23.6 Å². The van der Waals surface area contributed by atoms with Crippen LogP contribution in [-0.2, 0) is 14.3 Å². The third-order valence-electron chi connectivity index (χ3n) is 5.69. The highest BCUT2D eigenvalue weighted by atomic mass is 16.5. The van der Waals surface area contributed by atoms with Crippen LogP contribution in [0.5, 0.6) is 0 Å². The summed E-state index contributed by atoms with van der Waals surface area (Å²) in [5.74, 6) is -0.399. The fourth-order valence-corrected chi connectivity index (χ4v) is 4.18. The number of hydrogen-bond acceptors (Lipinski definition) is 4. The van der Waals surface area contributed by atoms with Crippen LogP contribution in [0.1, 0.15) is 41.8 Å². The number of Topliss-reactive ketones (excluding diaryl/α,β-unsaturated/α-hetero) is 1. The average molecular weight is 389 g/mol. The highest BCUT2D eigenvalue weighted by molar-refractivity contribution is 5.99. The molecule has 2 aliphatic carbocycles. The van der Waals surface area contributed by atoms with Gasteiger partial charge in [-0.25, -0.2) is 0 Å². The normalized spacial score (nSPS) is 22.9. The Labute approximate surface area is 169 Å². The van der Waals surface area contributed by atoms with Crippen molar-refractivity contribution in [2.24, 2.45) is 17.8 Å². The number of nitrogens with one attached hydrogen (secondary N) is 1. The van der Waals surface area contributed by atoms with E-state index in [0.29, 0.717) is 22.7 Å². The zero-order valence-corrected chi connectivity index (χ0v) is 16.2. The maximum atomic E-state index is 13.0. The summed E-state index contributed by atoms with van der Waals surface area (Å²) in [6, 6.07) is 15.7. The Balaban J connectivity index is 1.53. The van der Waals surface area contributed by atoms with Gasteiger partial charge in [0.15, 0.2) is 5.78 Å². The molecule has 2 aromatic rings. The van der Waals surface area contributed by atoms with Gasteiger partial charge in [0.2, 0.25) is 6.10 Å². The molecule has 1 amide bonds. The lowest BCUT2D eigenvalue weighted by molar-refractivity contribution is -0.159. The summed E-state index contributed by atoms with van der Waals surface area (Å²) >= 11 is 0. The van der Waals surface area contributed by atoms with Crippen LogP contribution in [0.2, 0.25) is 0 Å². The number of carbonyl (C=O) groups is 3. The number of anilines is 1. The Morgan fingerprint density at radius 2 is 1.79 bits per heavy atom. The van der Waals surface area contributed by atoms with Gasteiger partial charge in [0.05, 0.1) is 5.92 Å². The summed E-state index contributed by atoms with van der Waals surface area (Å²) in [7, 11) is 0. The van der Waals surface area contributed by atoms with Crippen LogP contribution in [-0.4, -0.2) is 17.7 Å². The smallest absolute Gasteiger partial charge is 0.310 e. The zero-order valence-electron chi connectivity index (χ0n) is 16.2. The van der Waals surface area contributed by atoms with Crippen molar-refractivity contribution < 1.29 is 19.1 Å². The maximum Gasteiger partial charge on any atom is 0.310 e. The molecule has 29 heavy (non-hydrogen) atoms. The molecule has 5 nitrogen and oxygen atoms in total. The van der Waals surface area contributed by atoms with Crippen LogP contribution >= 0.6 is 0 Å². The first kappa shape index (κ1) is 19.1. The zero-order chi connectivity index (χ0) is 20.4. The second kappa shape index (κ2) is 8.03. The molecule has 1 N–H and O–H groups in total. The van der Waals surface area contributed by atoms with E-state index in [1.165, 1.54) is 6.92 Å². The molecule has 0 spiro atoms. The number of allylic oxidation sites excluding steroid dienone is 2. The molecule has 0 aromatic heterocycles. The SMILES string of the molecule is CC(=O)c1cccc(NC(=O)[C@H](OC(=O)[C@@H]2C[C@H]3C=C[C@H]2C3)c2ccccc2)c1. The van der Waals surface area contributed by atoms with Gasteiger partial charge in [0.1, 0.15) is 0 Å². The third-order valence-corrected chi connectivity index (χ3v) is 5.69. The van der Waals surface area contributed by atoms with Crippen molar-refractivity contribution in [1.29, 1.82) is 0 Å². The van der Waals surface area contributed by atoms with E-state index >= 15 is 0 Å². The molecule has 2 aliphatic rings. The fourth-order valence-electron chi connectivity index (χ4n) is 4.18. The molecule has 0 saturated heterocycles. The number of ether oxygens (including phenoxy) is 1. The number of rotatable bonds is 6. The molecule has 0 heterocycles. The molecule has 5 heteroatoms. The fraction of sp³-hybridized carbons (Fsp3) is 0.292. The standard InChI is InChI=1S/C24H23NO4/c1-15(26)18-8-5-9-20(14-18)25-23(27)22(17-6-3-2-4-7-17)29-24(28)21-13-16-10-11-19(21)12-16/h2-11,14,16,19,21-22H,12-13H2,1H3,(H,25,27)/t16-,19-,21+,22+/m0/s1. The Bertz CT molecular complexity index is 966. The summed E-state index contributed by atoms with van der Waals surface area (Å²) in [6.07, 6.45) is 4.97. The number of esters is 1. The predicted octanol–water partition coefficient (Wildman–Crippen LogP) is 4.32. The Morgan fingerprint density at radius 3 is 2.45 bits per heavy atom. The minimum Gasteiger partial charge on any atom is -0.447 e. The van der Waals surface area contributed by atoms with Gasteiger partial charge < -0.3 is 10.1 Å². The van der Waals surface area contributed by atoms with Gasteiger partial charge in [0.25, 0.3) is 5.91 Å². The van der Waals surface area contributed by atoms with E-state index in [9.17, 15) is 14.4 Å². The van der Waals surface area contributed by atoms with Crippen LogP contribution in [0.15, 0.2) is 66.7 Å². The molecular weight excluding hydrogens is 366 g/mol. The Hall–Kier alpha value is -3.21. The maximum absolute atomic E-state index is 13.0. The van der Waals surface area contributed by atoms with Gasteiger partial charge in [-0.3, -0.25) is 14.4 Å². The molecule has 0 unspecified atom stereocenters. The molecule has 0 radical (unpaired) electrons. The number of carbonyl (C=O) groups excluding carboxylic acids is 3. The lowest BCUT2D eigenvalue weighted by Gasteiger charge is -2.22. The van der Waals surface area contributed by atoms with Crippen molar-refractivity contribution in [3.8, 4) is 0 Å². The summed E-state index contributed by atoms with van der Waals surface area (Å²) in [4.78, 5) is 37.5. The topological polar surface area (TPSA) is 72.5 Å². The Morgan fingerprint density at radius 1 is 1.00 bits per heavy atom. The van der Waals surface area contributed by atoms with Crippen molar-refractivity contribution in [3.63, 3.8) is 0 Å².